The number of rotatable bonds is 8. The SMILES string of the molecule is CCCCNC(=O)C(C)N(Cc1cccc(C)c1)C(=O)CC. The number of hydrogen-bond acceptors (Lipinski definition) is 2. The summed E-state index contributed by atoms with van der Waals surface area (Å²) in [6.45, 7) is 8.86. The largest absolute Gasteiger partial charge is 0.354 e. The highest BCUT2D eigenvalue weighted by Gasteiger charge is 2.24. The highest BCUT2D eigenvalue weighted by Crippen LogP contribution is 2.12. The van der Waals surface area contributed by atoms with Gasteiger partial charge in [-0.2, -0.15) is 0 Å². The van der Waals surface area contributed by atoms with Crippen molar-refractivity contribution in [1.82, 2.24) is 10.2 Å². The van der Waals surface area contributed by atoms with Gasteiger partial charge in [0.1, 0.15) is 6.04 Å². The Balaban J connectivity index is 2.79. The van der Waals surface area contributed by atoms with Gasteiger partial charge in [-0.3, -0.25) is 9.59 Å². The van der Waals surface area contributed by atoms with Gasteiger partial charge in [0.15, 0.2) is 0 Å². The van der Waals surface area contributed by atoms with Crippen LogP contribution in [-0.2, 0) is 16.1 Å². The van der Waals surface area contributed by atoms with Gasteiger partial charge < -0.3 is 10.2 Å². The molecule has 22 heavy (non-hydrogen) atoms. The molecule has 0 heterocycles. The number of hydrogen-bond donors (Lipinski definition) is 1. The van der Waals surface area contributed by atoms with Gasteiger partial charge >= 0.3 is 0 Å². The first-order valence-corrected chi connectivity index (χ1v) is 8.12. The second-order valence-electron chi connectivity index (χ2n) is 5.68. The van der Waals surface area contributed by atoms with Gasteiger partial charge in [-0.1, -0.05) is 50.1 Å². The van der Waals surface area contributed by atoms with E-state index in [1.807, 2.05) is 32.0 Å². The fraction of sp³-hybridized carbons (Fsp3) is 0.556. The van der Waals surface area contributed by atoms with Crippen LogP contribution >= 0.6 is 0 Å². The summed E-state index contributed by atoms with van der Waals surface area (Å²) in [5.74, 6) is -0.0810. The Labute approximate surface area is 133 Å². The predicted octanol–water partition coefficient (Wildman–Crippen LogP) is 3.04. The minimum atomic E-state index is -0.454. The van der Waals surface area contributed by atoms with E-state index in [4.69, 9.17) is 0 Å². The van der Waals surface area contributed by atoms with E-state index in [9.17, 15) is 9.59 Å². The van der Waals surface area contributed by atoms with Crippen LogP contribution < -0.4 is 5.32 Å². The first-order chi connectivity index (χ1) is 10.5. The molecule has 0 bridgehead atoms. The number of nitrogens with zero attached hydrogens (tertiary/aromatic N) is 1. The Morgan fingerprint density at radius 2 is 2.00 bits per heavy atom. The van der Waals surface area contributed by atoms with Gasteiger partial charge in [0.05, 0.1) is 0 Å². The summed E-state index contributed by atoms with van der Waals surface area (Å²) < 4.78 is 0. The molecule has 2 amide bonds. The fourth-order valence-corrected chi connectivity index (χ4v) is 2.33. The minimum absolute atomic E-state index is 0.000326. The van der Waals surface area contributed by atoms with Crippen LogP contribution in [-0.4, -0.2) is 29.3 Å². The summed E-state index contributed by atoms with van der Waals surface area (Å²) in [6.07, 6.45) is 2.39. The van der Waals surface area contributed by atoms with Crippen LogP contribution in [0.1, 0.15) is 51.2 Å². The average Bonchev–Trinajstić information content (AvgIpc) is 2.51. The van der Waals surface area contributed by atoms with Crippen LogP contribution in [0.3, 0.4) is 0 Å². The zero-order chi connectivity index (χ0) is 16.5. The first kappa shape index (κ1) is 18.2. The number of carbonyl (C=O) groups is 2. The third kappa shape index (κ3) is 5.51. The second kappa shape index (κ2) is 9.23. The molecule has 1 N–H and O–H groups in total. The molecule has 1 atom stereocenters. The van der Waals surface area contributed by atoms with Crippen LogP contribution in [0.25, 0.3) is 0 Å². The Kier molecular flexibility index (Phi) is 7.64. The Hall–Kier alpha value is -1.84. The molecular formula is C18H28N2O2. The number of benzene rings is 1. The Morgan fingerprint density at radius 3 is 2.59 bits per heavy atom. The van der Waals surface area contributed by atoms with E-state index < -0.39 is 6.04 Å². The Morgan fingerprint density at radius 1 is 1.27 bits per heavy atom. The number of nitrogens with one attached hydrogen (secondary N) is 1. The molecule has 0 aliphatic rings. The molecule has 4 heteroatoms. The van der Waals surface area contributed by atoms with Crippen molar-refractivity contribution in [3.8, 4) is 0 Å². The van der Waals surface area contributed by atoms with Crippen molar-refractivity contribution >= 4 is 11.8 Å². The smallest absolute Gasteiger partial charge is 0.242 e. The van der Waals surface area contributed by atoms with Gasteiger partial charge in [0.2, 0.25) is 11.8 Å². The highest BCUT2D eigenvalue weighted by atomic mass is 16.2. The maximum absolute atomic E-state index is 12.2. The summed E-state index contributed by atoms with van der Waals surface area (Å²) in [5, 5.41) is 2.91. The maximum Gasteiger partial charge on any atom is 0.242 e. The third-order valence-electron chi connectivity index (χ3n) is 3.73. The molecule has 0 fully saturated rings. The molecule has 0 saturated heterocycles. The zero-order valence-corrected chi connectivity index (χ0v) is 14.2. The molecule has 122 valence electrons. The molecule has 1 rings (SSSR count). The van der Waals surface area contributed by atoms with Crippen LogP contribution in [0.5, 0.6) is 0 Å². The van der Waals surface area contributed by atoms with Crippen molar-refractivity contribution < 1.29 is 9.59 Å². The second-order valence-corrected chi connectivity index (χ2v) is 5.68. The van der Waals surface area contributed by atoms with Crippen molar-refractivity contribution in [2.45, 2.75) is 59.5 Å². The lowest BCUT2D eigenvalue weighted by Crippen LogP contribution is -2.47. The predicted molar refractivity (Wildman–Crippen MR) is 89.4 cm³/mol. The molecule has 0 spiro atoms. The van der Waals surface area contributed by atoms with E-state index in [1.54, 1.807) is 11.8 Å². The third-order valence-corrected chi connectivity index (χ3v) is 3.73. The minimum Gasteiger partial charge on any atom is -0.354 e. The molecule has 1 aromatic rings. The van der Waals surface area contributed by atoms with Crippen molar-refractivity contribution in [3.63, 3.8) is 0 Å². The van der Waals surface area contributed by atoms with E-state index in [2.05, 4.69) is 18.3 Å². The Bertz CT molecular complexity index is 500. The lowest BCUT2D eigenvalue weighted by molar-refractivity contribution is -0.140. The number of aryl methyl sites for hydroxylation is 1. The summed E-state index contributed by atoms with van der Waals surface area (Å²) in [5.41, 5.74) is 2.21. The standard InChI is InChI=1S/C18H28N2O2/c1-5-7-11-19-18(22)15(4)20(17(21)6-2)13-16-10-8-9-14(3)12-16/h8-10,12,15H,5-7,11,13H2,1-4H3,(H,19,22). The molecule has 0 aromatic heterocycles. The molecule has 0 aliphatic heterocycles. The van der Waals surface area contributed by atoms with Gasteiger partial charge in [-0.15, -0.1) is 0 Å². The average molecular weight is 304 g/mol. The normalized spacial score (nSPS) is 11.8. The van der Waals surface area contributed by atoms with Crippen LogP contribution in [0.4, 0.5) is 0 Å². The van der Waals surface area contributed by atoms with E-state index >= 15 is 0 Å². The van der Waals surface area contributed by atoms with Crippen LogP contribution in [0, 0.1) is 6.92 Å². The monoisotopic (exact) mass is 304 g/mol. The molecular weight excluding hydrogens is 276 g/mol. The van der Waals surface area contributed by atoms with Crippen molar-refractivity contribution in [2.24, 2.45) is 0 Å². The lowest BCUT2D eigenvalue weighted by atomic mass is 10.1. The van der Waals surface area contributed by atoms with Gasteiger partial charge in [0.25, 0.3) is 0 Å². The summed E-state index contributed by atoms with van der Waals surface area (Å²) in [4.78, 5) is 26.1. The van der Waals surface area contributed by atoms with E-state index in [0.717, 1.165) is 24.0 Å². The van der Waals surface area contributed by atoms with Crippen molar-refractivity contribution in [1.29, 1.82) is 0 Å². The van der Waals surface area contributed by atoms with Crippen LogP contribution in [0.15, 0.2) is 24.3 Å². The molecule has 1 aromatic carbocycles. The number of amides is 2. The lowest BCUT2D eigenvalue weighted by Gasteiger charge is -2.28. The number of carbonyl (C=O) groups excluding carboxylic acids is 2. The fourth-order valence-electron chi connectivity index (χ4n) is 2.33. The summed E-state index contributed by atoms with van der Waals surface area (Å²) >= 11 is 0. The maximum atomic E-state index is 12.2. The molecule has 4 nitrogen and oxygen atoms in total. The first-order valence-electron chi connectivity index (χ1n) is 8.12. The van der Waals surface area contributed by atoms with Crippen molar-refractivity contribution in [2.75, 3.05) is 6.54 Å². The van der Waals surface area contributed by atoms with Gasteiger partial charge in [-0.25, -0.2) is 0 Å². The number of unbranched alkanes of at least 4 members (excludes halogenated alkanes) is 1. The summed E-state index contributed by atoms with van der Waals surface area (Å²) in [6, 6.07) is 7.59. The molecule has 1 unspecified atom stereocenters. The van der Waals surface area contributed by atoms with Gasteiger partial charge in [0, 0.05) is 19.5 Å². The van der Waals surface area contributed by atoms with Crippen molar-refractivity contribution in [3.05, 3.63) is 35.4 Å². The zero-order valence-electron chi connectivity index (χ0n) is 14.2. The highest BCUT2D eigenvalue weighted by molar-refractivity contribution is 5.87. The molecule has 0 radical (unpaired) electrons. The van der Waals surface area contributed by atoms with E-state index in [0.29, 0.717) is 19.5 Å². The van der Waals surface area contributed by atoms with E-state index in [-0.39, 0.29) is 11.8 Å². The molecule has 0 aliphatic carbocycles. The molecule has 0 saturated carbocycles. The summed E-state index contributed by atoms with van der Waals surface area (Å²) in [7, 11) is 0. The van der Waals surface area contributed by atoms with Gasteiger partial charge in [-0.05, 0) is 25.8 Å². The topological polar surface area (TPSA) is 49.4 Å². The van der Waals surface area contributed by atoms with E-state index in [1.165, 1.54) is 0 Å². The van der Waals surface area contributed by atoms with Crippen LogP contribution in [0.2, 0.25) is 0 Å². The quantitative estimate of drug-likeness (QED) is 0.750.